The number of carbonyl (C=O) groups is 1. The molecule has 24 heavy (non-hydrogen) atoms. The first-order chi connectivity index (χ1) is 10.3. The van der Waals surface area contributed by atoms with Gasteiger partial charge in [0, 0.05) is 0 Å². The van der Waals surface area contributed by atoms with E-state index in [9.17, 15) is 4.79 Å². The number of halogens is 2. The molecule has 6 heteroatoms. The van der Waals surface area contributed by atoms with Crippen LogP contribution in [0.2, 0.25) is 13.1 Å². The molecule has 0 heterocycles. The maximum atomic E-state index is 12.6. The van der Waals surface area contributed by atoms with Crippen molar-refractivity contribution in [2.75, 3.05) is 0 Å². The van der Waals surface area contributed by atoms with E-state index in [4.69, 9.17) is 0 Å². The monoisotopic (exact) mass is 458 g/mol. The average molecular weight is 461 g/mol. The number of hydrogen-bond acceptors (Lipinski definition) is 1. The van der Waals surface area contributed by atoms with Gasteiger partial charge in [-0.2, -0.15) is 0 Å². The van der Waals surface area contributed by atoms with Gasteiger partial charge >= 0.3 is 146 Å². The maximum absolute atomic E-state index is 12.6. The van der Waals surface area contributed by atoms with Crippen LogP contribution in [0.1, 0.15) is 43.6 Å². The molecular formula is C18H24Cl2NOSiZr. The van der Waals surface area contributed by atoms with Gasteiger partial charge in [-0.1, -0.05) is 0 Å². The number of amides is 1. The average Bonchev–Trinajstić information content (AvgIpc) is 2.68. The first-order valence-electron chi connectivity index (χ1n) is 7.69. The molecule has 1 aromatic carbocycles. The molecule has 2 rings (SSSR count). The van der Waals surface area contributed by atoms with E-state index in [1.807, 2.05) is 18.2 Å². The summed E-state index contributed by atoms with van der Waals surface area (Å²) in [5, 5.41) is 0. The number of carbonyl (C=O) groups excluding carboxylic acids is 1. The fourth-order valence-electron chi connectivity index (χ4n) is 2.96. The van der Waals surface area contributed by atoms with Crippen LogP contribution in [-0.2, 0) is 22.1 Å². The smallest absolute Gasteiger partial charge is 1.00 e. The predicted molar refractivity (Wildman–Crippen MR) is 91.5 cm³/mol. The molecule has 0 bridgehead atoms. The Kier molecular flexibility index (Phi) is 10.0. The van der Waals surface area contributed by atoms with Gasteiger partial charge in [0.2, 0.25) is 0 Å². The standard InChI is InChI=1S/C16H19NO.C2H6Si.2ClH.Zr/c1-9-10(2)12(4)15(11(9)3)13-7-5-6-8-14(13)16(17)18;1-3-2;;;/h5-8,11H,1-4H3,(H2,17,18);1-2H3;2*1H;/q;;;;+3/p-3. The Morgan fingerprint density at radius 2 is 1.67 bits per heavy atom. The van der Waals surface area contributed by atoms with Crippen molar-refractivity contribution < 1.29 is 51.8 Å². The van der Waals surface area contributed by atoms with E-state index in [0.717, 1.165) is 11.1 Å². The predicted octanol–water partition coefficient (Wildman–Crippen LogP) is -1.57. The minimum atomic E-state index is -0.736. The van der Waals surface area contributed by atoms with Crippen molar-refractivity contribution in [2.45, 2.75) is 40.8 Å². The number of benzene rings is 1. The van der Waals surface area contributed by atoms with Gasteiger partial charge in [-0.05, 0) is 0 Å². The van der Waals surface area contributed by atoms with E-state index in [2.05, 4.69) is 50.1 Å². The zero-order valence-electron chi connectivity index (χ0n) is 15.1. The van der Waals surface area contributed by atoms with E-state index < -0.39 is 22.1 Å². The van der Waals surface area contributed by atoms with Crippen LogP contribution < -0.4 is 28.1 Å². The molecule has 129 valence electrons. The second-order valence-electron chi connectivity index (χ2n) is 6.19. The summed E-state index contributed by atoms with van der Waals surface area (Å²) in [6.07, 6.45) is 0. The van der Waals surface area contributed by atoms with Crippen LogP contribution in [-0.4, -0.2) is 11.3 Å². The molecule has 2 nitrogen and oxygen atoms in total. The summed E-state index contributed by atoms with van der Waals surface area (Å²) in [5.41, 5.74) is 7.12. The third-order valence-electron chi connectivity index (χ3n) is 4.53. The van der Waals surface area contributed by atoms with Gasteiger partial charge in [-0.25, -0.2) is 0 Å². The van der Waals surface area contributed by atoms with Crippen molar-refractivity contribution in [3.8, 4) is 0 Å². The molecule has 0 fully saturated rings. The van der Waals surface area contributed by atoms with Crippen LogP contribution in [0.15, 0.2) is 41.0 Å². The summed E-state index contributed by atoms with van der Waals surface area (Å²) in [6, 6.07) is 8.08. The minimum Gasteiger partial charge on any atom is -1.00 e. The molecule has 1 N–H and O–H groups in total. The van der Waals surface area contributed by atoms with Gasteiger partial charge in [-0.15, -0.1) is 0 Å². The normalized spacial score (nSPS) is 16.2. The van der Waals surface area contributed by atoms with Crippen LogP contribution in [0.5, 0.6) is 0 Å². The van der Waals surface area contributed by atoms with Crippen LogP contribution in [0, 0.1) is 5.92 Å². The van der Waals surface area contributed by atoms with E-state index in [-0.39, 0.29) is 36.2 Å². The number of rotatable bonds is 3. The zero-order chi connectivity index (χ0) is 16.4. The van der Waals surface area contributed by atoms with Gasteiger partial charge in [0.25, 0.3) is 0 Å². The number of hydrogen-bond donors (Lipinski definition) is 1. The fourth-order valence-corrected chi connectivity index (χ4v) is 6.34. The molecule has 0 aromatic heterocycles. The van der Waals surface area contributed by atoms with Crippen LogP contribution in [0.4, 0.5) is 0 Å². The third-order valence-corrected chi connectivity index (χ3v) is 10.3. The van der Waals surface area contributed by atoms with Gasteiger partial charge < -0.3 is 24.8 Å². The van der Waals surface area contributed by atoms with Gasteiger partial charge in [-0.3, -0.25) is 0 Å². The molecule has 1 aromatic rings. The van der Waals surface area contributed by atoms with Gasteiger partial charge in [0.05, 0.1) is 0 Å². The summed E-state index contributed by atoms with van der Waals surface area (Å²) in [7, 11) is 0. The van der Waals surface area contributed by atoms with E-state index >= 15 is 0 Å². The fraction of sp³-hybridized carbons (Fsp3) is 0.389. The van der Waals surface area contributed by atoms with Crippen molar-refractivity contribution in [2.24, 2.45) is 5.92 Å². The third kappa shape index (κ3) is 4.94. The molecule has 0 saturated carbocycles. The Bertz CT molecular complexity index is 721. The Hall–Kier alpha value is -0.150. The van der Waals surface area contributed by atoms with E-state index in [1.54, 1.807) is 0 Å². The Balaban J connectivity index is 0.00000264. The molecule has 1 amide bonds. The topological polar surface area (TPSA) is 29.1 Å². The molecule has 1 aliphatic rings. The number of nitrogens with one attached hydrogen (secondary N) is 1. The van der Waals surface area contributed by atoms with Crippen LogP contribution >= 0.6 is 0 Å². The van der Waals surface area contributed by atoms with Crippen molar-refractivity contribution in [1.82, 2.24) is 3.26 Å². The summed E-state index contributed by atoms with van der Waals surface area (Å²) in [4.78, 5) is 12.6. The first-order valence-corrected chi connectivity index (χ1v) is 15.1. The molecule has 0 saturated heterocycles. The number of allylic oxidation sites excluding steroid dienone is 4. The summed E-state index contributed by atoms with van der Waals surface area (Å²) < 4.78 is 3.25. The Morgan fingerprint density at radius 3 is 2.17 bits per heavy atom. The summed E-state index contributed by atoms with van der Waals surface area (Å²) >= 11 is -0.736. The van der Waals surface area contributed by atoms with E-state index in [1.165, 1.54) is 22.3 Å². The molecular weight excluding hydrogens is 436 g/mol. The second-order valence-corrected chi connectivity index (χ2v) is 18.3. The molecule has 0 radical (unpaired) electrons. The van der Waals surface area contributed by atoms with E-state index in [0.29, 0.717) is 5.92 Å². The quantitative estimate of drug-likeness (QED) is 0.543. The van der Waals surface area contributed by atoms with Gasteiger partial charge in [0.15, 0.2) is 0 Å². The van der Waals surface area contributed by atoms with Gasteiger partial charge in [0.1, 0.15) is 0 Å². The SMILES string of the molecule is CC1=C(C)C(C)C(c2ccccc2C(=O)[NH][Zr+2]=[Si](C)C)=C1C.[Cl-].[Cl-]. The molecule has 0 spiro atoms. The summed E-state index contributed by atoms with van der Waals surface area (Å²) in [5.74, 6) is 0.522. The largest absolute Gasteiger partial charge is 1.00 e. The Morgan fingerprint density at radius 1 is 1.08 bits per heavy atom. The maximum Gasteiger partial charge on any atom is -1.00 e. The Labute approximate surface area is 169 Å². The van der Waals surface area contributed by atoms with Crippen molar-refractivity contribution in [3.05, 3.63) is 52.1 Å². The van der Waals surface area contributed by atoms with Crippen molar-refractivity contribution in [1.29, 1.82) is 0 Å². The minimum absolute atomic E-state index is 0. The molecule has 1 unspecified atom stereocenters. The molecule has 0 aliphatic heterocycles. The molecule has 1 atom stereocenters. The van der Waals surface area contributed by atoms with Crippen molar-refractivity contribution >= 4 is 16.9 Å². The van der Waals surface area contributed by atoms with Crippen LogP contribution in [0.3, 0.4) is 0 Å². The second kappa shape index (κ2) is 10.1. The molecule has 1 aliphatic carbocycles. The summed E-state index contributed by atoms with van der Waals surface area (Å²) in [6.45, 7) is 13.4. The zero-order valence-corrected chi connectivity index (χ0v) is 20.0. The first kappa shape index (κ1) is 23.9. The van der Waals surface area contributed by atoms with Crippen molar-refractivity contribution in [3.63, 3.8) is 0 Å². The van der Waals surface area contributed by atoms with Crippen LogP contribution in [0.25, 0.3) is 5.57 Å².